The number of thioether (sulfide) groups is 1. The van der Waals surface area contributed by atoms with Gasteiger partial charge in [-0.25, -0.2) is 8.42 Å². The van der Waals surface area contributed by atoms with E-state index >= 15 is 0 Å². The lowest BCUT2D eigenvalue weighted by Gasteiger charge is -2.08. The van der Waals surface area contributed by atoms with Crippen LogP contribution in [0.5, 0.6) is 0 Å². The number of nitrogens with two attached hydrogens (primary N) is 1. The number of hydrogen-bond acceptors (Lipinski definition) is 7. The molecule has 0 atom stereocenters. The standard InChI is InChI=1S/C12H21N3O3S3/c1-5-21(17,18)7-6-14-11-9(19-4)8(13)10(20-11)12(16)15(2)3/h14H,5-7,13H2,1-4H3. The summed E-state index contributed by atoms with van der Waals surface area (Å²) in [5, 5.41) is 3.82. The highest BCUT2D eigenvalue weighted by molar-refractivity contribution is 7.99. The fourth-order valence-corrected chi connectivity index (χ4v) is 4.36. The van der Waals surface area contributed by atoms with E-state index in [0.717, 1.165) is 9.90 Å². The Morgan fingerprint density at radius 1 is 1.43 bits per heavy atom. The topological polar surface area (TPSA) is 92.5 Å². The first-order valence-electron chi connectivity index (χ1n) is 6.35. The summed E-state index contributed by atoms with van der Waals surface area (Å²) < 4.78 is 23.0. The molecule has 21 heavy (non-hydrogen) atoms. The molecule has 3 N–H and O–H groups in total. The number of nitrogen functional groups attached to an aromatic ring is 1. The summed E-state index contributed by atoms with van der Waals surface area (Å²) in [5.41, 5.74) is 6.47. The molecule has 0 bridgehead atoms. The van der Waals surface area contributed by atoms with Crippen molar-refractivity contribution in [2.24, 2.45) is 0 Å². The molecule has 0 aliphatic heterocycles. The summed E-state index contributed by atoms with van der Waals surface area (Å²) in [6.45, 7) is 1.93. The van der Waals surface area contributed by atoms with E-state index in [1.54, 1.807) is 21.0 Å². The molecule has 0 aromatic carbocycles. The zero-order chi connectivity index (χ0) is 16.2. The van der Waals surface area contributed by atoms with E-state index in [-0.39, 0.29) is 17.4 Å². The normalized spacial score (nSPS) is 11.4. The molecule has 9 heteroatoms. The van der Waals surface area contributed by atoms with Gasteiger partial charge in [-0.05, 0) is 6.26 Å². The highest BCUT2D eigenvalue weighted by Gasteiger charge is 2.21. The molecule has 1 rings (SSSR count). The third kappa shape index (κ3) is 4.52. The maximum atomic E-state index is 12.0. The summed E-state index contributed by atoms with van der Waals surface area (Å²) in [4.78, 5) is 14.8. The van der Waals surface area contributed by atoms with Gasteiger partial charge >= 0.3 is 0 Å². The average molecular weight is 352 g/mol. The summed E-state index contributed by atoms with van der Waals surface area (Å²) in [5.74, 6) is 0.0367. The molecule has 0 spiro atoms. The van der Waals surface area contributed by atoms with Crippen molar-refractivity contribution in [3.8, 4) is 0 Å². The van der Waals surface area contributed by atoms with E-state index in [2.05, 4.69) is 5.32 Å². The van der Waals surface area contributed by atoms with Crippen molar-refractivity contribution in [1.29, 1.82) is 0 Å². The lowest BCUT2D eigenvalue weighted by molar-refractivity contribution is 0.0833. The Morgan fingerprint density at radius 2 is 2.05 bits per heavy atom. The highest BCUT2D eigenvalue weighted by atomic mass is 32.2. The Labute approximate surface area is 134 Å². The Bertz CT molecular complexity index is 609. The number of nitrogens with one attached hydrogen (secondary N) is 1. The van der Waals surface area contributed by atoms with Crippen LogP contribution in [0.3, 0.4) is 0 Å². The lowest BCUT2D eigenvalue weighted by atomic mass is 10.3. The summed E-state index contributed by atoms with van der Waals surface area (Å²) in [6.07, 6.45) is 1.87. The van der Waals surface area contributed by atoms with Crippen LogP contribution in [-0.4, -0.2) is 57.6 Å². The van der Waals surface area contributed by atoms with Crippen LogP contribution < -0.4 is 11.1 Å². The van der Waals surface area contributed by atoms with Crippen LogP contribution in [0.1, 0.15) is 16.6 Å². The number of anilines is 2. The Morgan fingerprint density at radius 3 is 2.52 bits per heavy atom. The molecule has 120 valence electrons. The van der Waals surface area contributed by atoms with Gasteiger partial charge in [-0.15, -0.1) is 23.1 Å². The minimum absolute atomic E-state index is 0.0616. The van der Waals surface area contributed by atoms with Crippen molar-refractivity contribution in [3.05, 3.63) is 4.88 Å². The predicted molar refractivity (Wildman–Crippen MR) is 91.3 cm³/mol. The highest BCUT2D eigenvalue weighted by Crippen LogP contribution is 2.41. The number of thiophene rings is 1. The molecule has 6 nitrogen and oxygen atoms in total. The van der Waals surface area contributed by atoms with E-state index < -0.39 is 9.84 Å². The molecule has 0 radical (unpaired) electrons. The number of rotatable bonds is 7. The van der Waals surface area contributed by atoms with E-state index in [0.29, 0.717) is 17.1 Å². The van der Waals surface area contributed by atoms with Gasteiger partial charge in [0, 0.05) is 26.4 Å². The van der Waals surface area contributed by atoms with Crippen molar-refractivity contribution in [2.75, 3.05) is 49.5 Å². The fourth-order valence-electron chi connectivity index (χ4n) is 1.57. The molecule has 0 saturated heterocycles. The van der Waals surface area contributed by atoms with Gasteiger partial charge in [0.05, 0.1) is 16.3 Å². The zero-order valence-electron chi connectivity index (χ0n) is 12.6. The summed E-state index contributed by atoms with van der Waals surface area (Å²) >= 11 is 2.70. The quantitative estimate of drug-likeness (QED) is 0.725. The lowest BCUT2D eigenvalue weighted by Crippen LogP contribution is -2.21. The van der Waals surface area contributed by atoms with E-state index in [1.165, 1.54) is 28.0 Å². The molecular weight excluding hydrogens is 330 g/mol. The smallest absolute Gasteiger partial charge is 0.265 e. The number of carbonyl (C=O) groups excluding carboxylic acids is 1. The molecule has 0 fully saturated rings. The van der Waals surface area contributed by atoms with Crippen molar-refractivity contribution in [3.63, 3.8) is 0 Å². The first kappa shape index (κ1) is 18.1. The van der Waals surface area contributed by atoms with Crippen LogP contribution in [0, 0.1) is 0 Å². The Kier molecular flexibility index (Phi) is 6.36. The van der Waals surface area contributed by atoms with Crippen molar-refractivity contribution in [2.45, 2.75) is 11.8 Å². The van der Waals surface area contributed by atoms with Crippen LogP contribution in [0.25, 0.3) is 0 Å². The van der Waals surface area contributed by atoms with Crippen LogP contribution in [0.4, 0.5) is 10.7 Å². The van der Waals surface area contributed by atoms with Crippen LogP contribution in [-0.2, 0) is 9.84 Å². The largest absolute Gasteiger partial charge is 0.396 e. The molecule has 1 aromatic rings. The third-order valence-corrected chi connectivity index (χ3v) is 6.66. The monoisotopic (exact) mass is 351 g/mol. The Balaban J connectivity index is 2.93. The molecule has 1 amide bonds. The van der Waals surface area contributed by atoms with Crippen molar-refractivity contribution < 1.29 is 13.2 Å². The van der Waals surface area contributed by atoms with Gasteiger partial charge in [0.15, 0.2) is 9.84 Å². The van der Waals surface area contributed by atoms with E-state index in [9.17, 15) is 13.2 Å². The van der Waals surface area contributed by atoms with Crippen LogP contribution in [0.2, 0.25) is 0 Å². The number of amides is 1. The van der Waals surface area contributed by atoms with E-state index in [4.69, 9.17) is 5.73 Å². The second-order valence-electron chi connectivity index (χ2n) is 4.57. The minimum Gasteiger partial charge on any atom is -0.396 e. The van der Waals surface area contributed by atoms with Crippen LogP contribution in [0.15, 0.2) is 4.90 Å². The second kappa shape index (κ2) is 7.37. The van der Waals surface area contributed by atoms with Crippen LogP contribution >= 0.6 is 23.1 Å². The first-order chi connectivity index (χ1) is 9.73. The van der Waals surface area contributed by atoms with Gasteiger partial charge < -0.3 is 16.0 Å². The van der Waals surface area contributed by atoms with Crippen molar-refractivity contribution in [1.82, 2.24) is 4.90 Å². The average Bonchev–Trinajstić information content (AvgIpc) is 2.73. The SMILES string of the molecule is CCS(=O)(=O)CCNc1sc(C(=O)N(C)C)c(N)c1SC. The minimum atomic E-state index is -3.01. The third-order valence-electron chi connectivity index (χ3n) is 2.84. The maximum absolute atomic E-state index is 12.0. The summed E-state index contributed by atoms with van der Waals surface area (Å²) in [7, 11) is 0.322. The number of carbonyl (C=O) groups is 1. The van der Waals surface area contributed by atoms with Gasteiger partial charge in [-0.2, -0.15) is 0 Å². The second-order valence-corrected chi connectivity index (χ2v) is 8.88. The first-order valence-corrected chi connectivity index (χ1v) is 10.2. The number of sulfone groups is 1. The number of hydrogen-bond donors (Lipinski definition) is 2. The van der Waals surface area contributed by atoms with Gasteiger partial charge in [-0.3, -0.25) is 4.79 Å². The van der Waals surface area contributed by atoms with Gasteiger partial charge in [0.25, 0.3) is 5.91 Å². The maximum Gasteiger partial charge on any atom is 0.265 e. The fraction of sp³-hybridized carbons (Fsp3) is 0.583. The molecule has 0 saturated carbocycles. The van der Waals surface area contributed by atoms with Crippen molar-refractivity contribution >= 4 is 49.5 Å². The van der Waals surface area contributed by atoms with Gasteiger partial charge in [-0.1, -0.05) is 6.92 Å². The van der Waals surface area contributed by atoms with E-state index in [1.807, 2.05) is 6.26 Å². The molecule has 1 aromatic heterocycles. The molecule has 0 aliphatic rings. The molecule has 0 aliphatic carbocycles. The molecular formula is C12H21N3O3S3. The zero-order valence-corrected chi connectivity index (χ0v) is 15.0. The Hall–Kier alpha value is -0.930. The molecule has 0 unspecified atom stereocenters. The predicted octanol–water partition coefficient (Wildman–Crippen LogP) is 1.60. The van der Waals surface area contributed by atoms with Gasteiger partial charge in [0.2, 0.25) is 0 Å². The van der Waals surface area contributed by atoms with Gasteiger partial charge in [0.1, 0.15) is 9.88 Å². The number of nitrogens with zero attached hydrogens (tertiary/aromatic N) is 1. The summed E-state index contributed by atoms with van der Waals surface area (Å²) in [6, 6.07) is 0. The molecule has 1 heterocycles.